The molecule has 2 saturated carbocycles. The van der Waals surface area contributed by atoms with Crippen molar-refractivity contribution < 1.29 is 9.47 Å². The van der Waals surface area contributed by atoms with E-state index in [9.17, 15) is 0 Å². The summed E-state index contributed by atoms with van der Waals surface area (Å²) in [5, 5.41) is 4.40. The lowest BCUT2D eigenvalue weighted by molar-refractivity contribution is -0.141. The third-order valence-corrected chi connectivity index (χ3v) is 6.30. The molecule has 0 aliphatic heterocycles. The van der Waals surface area contributed by atoms with Crippen molar-refractivity contribution in [3.05, 3.63) is 18.1 Å². The molecule has 0 amide bonds. The molecule has 2 aromatic rings. The summed E-state index contributed by atoms with van der Waals surface area (Å²) in [6.07, 6.45) is 9.48. The first-order valence-electron chi connectivity index (χ1n) is 9.72. The molecule has 0 aromatic carbocycles. The molecule has 2 aliphatic rings. The molecule has 2 heterocycles. The summed E-state index contributed by atoms with van der Waals surface area (Å²) >= 11 is 0. The number of methoxy groups -OCH3 is 1. The Morgan fingerprint density at radius 1 is 1.31 bits per heavy atom. The maximum Gasteiger partial charge on any atom is 0.254 e. The normalized spacial score (nSPS) is 24.7. The van der Waals surface area contributed by atoms with Crippen molar-refractivity contribution in [1.82, 2.24) is 19.6 Å². The van der Waals surface area contributed by atoms with Crippen molar-refractivity contribution in [3.63, 3.8) is 0 Å². The average Bonchev–Trinajstić information content (AvgIpc) is 3.13. The van der Waals surface area contributed by atoms with Crippen molar-refractivity contribution in [3.8, 4) is 0 Å². The number of ether oxygens (including phenoxy) is 2. The van der Waals surface area contributed by atoms with Crippen molar-refractivity contribution in [2.45, 2.75) is 64.2 Å². The van der Waals surface area contributed by atoms with Gasteiger partial charge in [0.1, 0.15) is 12.1 Å². The zero-order valence-electron chi connectivity index (χ0n) is 16.0. The van der Waals surface area contributed by atoms with Gasteiger partial charge in [-0.2, -0.15) is 14.6 Å². The van der Waals surface area contributed by atoms with Gasteiger partial charge in [-0.25, -0.2) is 4.98 Å². The van der Waals surface area contributed by atoms with E-state index in [2.05, 4.69) is 40.0 Å². The first kappa shape index (κ1) is 17.7. The Labute approximate surface area is 154 Å². The maximum atomic E-state index is 6.13. The molecule has 7 nitrogen and oxygen atoms in total. The maximum absolute atomic E-state index is 6.13. The zero-order chi connectivity index (χ0) is 18.1. The fourth-order valence-electron chi connectivity index (χ4n) is 5.05. The molecule has 2 aromatic heterocycles. The quantitative estimate of drug-likeness (QED) is 0.790. The zero-order valence-corrected chi connectivity index (χ0v) is 16.0. The number of hydrogen-bond donors (Lipinski definition) is 0. The molecule has 4 rings (SSSR count). The number of hydrogen-bond acceptors (Lipinski definition) is 6. The van der Waals surface area contributed by atoms with E-state index >= 15 is 0 Å². The molecule has 2 unspecified atom stereocenters. The molecule has 1 spiro atoms. The molecule has 0 N–H and O–H groups in total. The van der Waals surface area contributed by atoms with Crippen LogP contribution in [0.4, 0.5) is 5.82 Å². The fraction of sp³-hybridized carbons (Fsp3) is 0.737. The van der Waals surface area contributed by atoms with Crippen molar-refractivity contribution >= 4 is 11.6 Å². The monoisotopic (exact) mass is 359 g/mol. The predicted molar refractivity (Wildman–Crippen MR) is 99.2 cm³/mol. The number of nitrogens with zero attached hydrogens (tertiary/aromatic N) is 5. The van der Waals surface area contributed by atoms with Crippen LogP contribution in [0.25, 0.3) is 5.78 Å². The summed E-state index contributed by atoms with van der Waals surface area (Å²) in [5.74, 6) is 1.66. The first-order valence-corrected chi connectivity index (χ1v) is 9.72. The van der Waals surface area contributed by atoms with Crippen LogP contribution in [0, 0.1) is 5.41 Å². The summed E-state index contributed by atoms with van der Waals surface area (Å²) in [7, 11) is 3.87. The average molecular weight is 359 g/mol. The van der Waals surface area contributed by atoms with E-state index in [1.807, 2.05) is 4.52 Å². The number of anilines is 1. The van der Waals surface area contributed by atoms with Crippen molar-refractivity contribution in [1.29, 1.82) is 0 Å². The van der Waals surface area contributed by atoms with Gasteiger partial charge < -0.3 is 14.4 Å². The van der Waals surface area contributed by atoms with Gasteiger partial charge >= 0.3 is 0 Å². The largest absolute Gasteiger partial charge is 0.378 e. The molecule has 2 fully saturated rings. The Balaban J connectivity index is 1.67. The highest BCUT2D eigenvalue weighted by Crippen LogP contribution is 2.55. The van der Waals surface area contributed by atoms with Crippen LogP contribution < -0.4 is 4.90 Å². The lowest BCUT2D eigenvalue weighted by atomic mass is 9.54. The highest BCUT2D eigenvalue weighted by Gasteiger charge is 2.57. The molecule has 7 heteroatoms. The van der Waals surface area contributed by atoms with Gasteiger partial charge in [-0.1, -0.05) is 19.3 Å². The van der Waals surface area contributed by atoms with Crippen LogP contribution in [0.15, 0.2) is 12.4 Å². The first-order chi connectivity index (χ1) is 12.7. The summed E-state index contributed by atoms with van der Waals surface area (Å²) < 4.78 is 13.3. The Hall–Kier alpha value is -1.73. The van der Waals surface area contributed by atoms with E-state index in [0.717, 1.165) is 24.5 Å². The molecule has 2 aliphatic carbocycles. The van der Waals surface area contributed by atoms with E-state index in [4.69, 9.17) is 9.47 Å². The second-order valence-corrected chi connectivity index (χ2v) is 7.61. The van der Waals surface area contributed by atoms with Crippen LogP contribution in [-0.4, -0.2) is 52.5 Å². The standard InChI is InChI=1S/C19H29N5O2/c1-4-26-16-11-15(19(16)8-6-5-7-9-19)23(2)17-10-14(12-25-3)22-18-20-13-21-24(17)18/h10,13,15-16H,4-9,11-12H2,1-3H3. The van der Waals surface area contributed by atoms with E-state index in [1.54, 1.807) is 13.4 Å². The third kappa shape index (κ3) is 2.77. The van der Waals surface area contributed by atoms with Gasteiger partial charge in [0.15, 0.2) is 0 Å². The fourth-order valence-corrected chi connectivity index (χ4v) is 5.05. The van der Waals surface area contributed by atoms with E-state index in [1.165, 1.54) is 32.1 Å². The summed E-state index contributed by atoms with van der Waals surface area (Å²) in [6.45, 7) is 3.37. The van der Waals surface area contributed by atoms with Gasteiger partial charge in [0.25, 0.3) is 5.78 Å². The van der Waals surface area contributed by atoms with E-state index < -0.39 is 0 Å². The molecular weight excluding hydrogens is 330 g/mol. The minimum atomic E-state index is 0.264. The third-order valence-electron chi connectivity index (χ3n) is 6.30. The van der Waals surface area contributed by atoms with Crippen LogP contribution in [0.2, 0.25) is 0 Å². The minimum Gasteiger partial charge on any atom is -0.378 e. The second-order valence-electron chi connectivity index (χ2n) is 7.61. The lowest BCUT2D eigenvalue weighted by Gasteiger charge is -2.60. The van der Waals surface area contributed by atoms with Crippen LogP contribution >= 0.6 is 0 Å². The Bertz CT molecular complexity index is 755. The number of fused-ring (bicyclic) bond motifs is 1. The van der Waals surface area contributed by atoms with Gasteiger partial charge in [0, 0.05) is 38.3 Å². The highest BCUT2D eigenvalue weighted by molar-refractivity contribution is 5.49. The van der Waals surface area contributed by atoms with Gasteiger partial charge in [-0.15, -0.1) is 0 Å². The van der Waals surface area contributed by atoms with E-state index in [0.29, 0.717) is 24.5 Å². The summed E-state index contributed by atoms with van der Waals surface area (Å²) in [4.78, 5) is 11.2. The molecule has 26 heavy (non-hydrogen) atoms. The topological polar surface area (TPSA) is 64.8 Å². The summed E-state index contributed by atoms with van der Waals surface area (Å²) in [6, 6.07) is 2.54. The highest BCUT2D eigenvalue weighted by atomic mass is 16.5. The van der Waals surface area contributed by atoms with Gasteiger partial charge in [-0.05, 0) is 26.2 Å². The van der Waals surface area contributed by atoms with Crippen LogP contribution in [-0.2, 0) is 16.1 Å². The Morgan fingerprint density at radius 3 is 2.85 bits per heavy atom. The molecule has 142 valence electrons. The number of rotatable bonds is 6. The molecule has 2 atom stereocenters. The molecule has 0 bridgehead atoms. The minimum absolute atomic E-state index is 0.264. The Kier molecular flexibility index (Phi) is 4.84. The van der Waals surface area contributed by atoms with E-state index in [-0.39, 0.29) is 5.41 Å². The second kappa shape index (κ2) is 7.12. The van der Waals surface area contributed by atoms with Crippen LogP contribution in [0.1, 0.15) is 51.1 Å². The SMILES string of the molecule is CCOC1CC(N(C)c2cc(COC)nc3ncnn23)C12CCCCC2. The Morgan fingerprint density at radius 2 is 2.12 bits per heavy atom. The predicted octanol–water partition coefficient (Wildman–Crippen LogP) is 2.83. The molecular formula is C19H29N5O2. The van der Waals surface area contributed by atoms with Crippen LogP contribution in [0.3, 0.4) is 0 Å². The summed E-state index contributed by atoms with van der Waals surface area (Å²) in [5.41, 5.74) is 1.15. The number of aromatic nitrogens is 4. The smallest absolute Gasteiger partial charge is 0.254 e. The van der Waals surface area contributed by atoms with Gasteiger partial charge in [0.2, 0.25) is 0 Å². The van der Waals surface area contributed by atoms with Gasteiger partial charge in [0.05, 0.1) is 18.4 Å². The van der Waals surface area contributed by atoms with Crippen LogP contribution in [0.5, 0.6) is 0 Å². The lowest BCUT2D eigenvalue weighted by Crippen LogP contribution is -2.65. The molecule has 0 radical (unpaired) electrons. The van der Waals surface area contributed by atoms with Gasteiger partial charge in [-0.3, -0.25) is 0 Å². The van der Waals surface area contributed by atoms with Crippen molar-refractivity contribution in [2.24, 2.45) is 5.41 Å². The van der Waals surface area contributed by atoms with Crippen molar-refractivity contribution in [2.75, 3.05) is 25.7 Å². The molecule has 0 saturated heterocycles.